The van der Waals surface area contributed by atoms with Crippen molar-refractivity contribution < 1.29 is 9.84 Å². The number of nitrogens with zero attached hydrogens (tertiary/aromatic N) is 1. The summed E-state index contributed by atoms with van der Waals surface area (Å²) in [6.45, 7) is 4.27. The lowest BCUT2D eigenvalue weighted by molar-refractivity contribution is 0.0342. The van der Waals surface area contributed by atoms with Gasteiger partial charge in [-0.1, -0.05) is 66.2 Å². The first-order chi connectivity index (χ1) is 18.1. The summed E-state index contributed by atoms with van der Waals surface area (Å²) in [6.07, 6.45) is 1.70. The summed E-state index contributed by atoms with van der Waals surface area (Å²) >= 11 is 6.52. The number of aromatic amines is 1. The van der Waals surface area contributed by atoms with E-state index in [1.807, 2.05) is 36.4 Å². The summed E-state index contributed by atoms with van der Waals surface area (Å²) in [5, 5.41) is 13.9. The minimum Gasteiger partial charge on any atom is -0.392 e. The van der Waals surface area contributed by atoms with E-state index in [2.05, 4.69) is 46.3 Å². The van der Waals surface area contributed by atoms with E-state index >= 15 is 0 Å². The normalized spacial score (nSPS) is 14.4. The maximum absolute atomic E-state index is 13.2. The SMILES string of the molecule is O=c1[nH]cc(-c2ccccc2Cl)c2cc(CO)c3ccc(-c4ccc(CN5CCOCC5)cc4)cc3c12. The molecule has 6 heteroatoms. The van der Waals surface area contributed by atoms with Gasteiger partial charge in [0.15, 0.2) is 0 Å². The largest absolute Gasteiger partial charge is 0.392 e. The lowest BCUT2D eigenvalue weighted by Gasteiger charge is -2.26. The molecule has 6 rings (SSSR count). The third-order valence-corrected chi connectivity index (χ3v) is 7.55. The molecule has 0 amide bonds. The van der Waals surface area contributed by atoms with E-state index in [0.29, 0.717) is 10.4 Å². The molecule has 186 valence electrons. The Hall–Kier alpha value is -3.48. The van der Waals surface area contributed by atoms with Crippen LogP contribution in [0.15, 0.2) is 83.8 Å². The fourth-order valence-corrected chi connectivity index (χ4v) is 5.52. The van der Waals surface area contributed by atoms with Crippen molar-refractivity contribution in [2.45, 2.75) is 13.2 Å². The molecule has 0 atom stereocenters. The van der Waals surface area contributed by atoms with E-state index in [9.17, 15) is 9.90 Å². The number of morpholine rings is 1. The van der Waals surface area contributed by atoms with Crippen LogP contribution >= 0.6 is 11.6 Å². The predicted molar refractivity (Wildman–Crippen MR) is 150 cm³/mol. The molecule has 1 fully saturated rings. The Morgan fingerprint density at radius 1 is 0.865 bits per heavy atom. The average molecular weight is 511 g/mol. The highest BCUT2D eigenvalue weighted by Crippen LogP contribution is 2.37. The van der Waals surface area contributed by atoms with Crippen molar-refractivity contribution in [3.8, 4) is 22.3 Å². The van der Waals surface area contributed by atoms with E-state index in [4.69, 9.17) is 16.3 Å². The van der Waals surface area contributed by atoms with Gasteiger partial charge in [0, 0.05) is 42.0 Å². The second kappa shape index (κ2) is 10.1. The molecule has 1 aliphatic rings. The zero-order valence-corrected chi connectivity index (χ0v) is 21.1. The molecular weight excluding hydrogens is 484 g/mol. The number of rotatable bonds is 5. The maximum Gasteiger partial charge on any atom is 0.256 e. The third kappa shape index (κ3) is 4.56. The molecule has 0 saturated carbocycles. The van der Waals surface area contributed by atoms with Gasteiger partial charge in [-0.25, -0.2) is 0 Å². The van der Waals surface area contributed by atoms with Crippen molar-refractivity contribution >= 4 is 33.1 Å². The van der Waals surface area contributed by atoms with E-state index < -0.39 is 0 Å². The minimum atomic E-state index is -0.168. The molecule has 5 aromatic rings. The Balaban J connectivity index is 1.47. The molecule has 2 N–H and O–H groups in total. The summed E-state index contributed by atoms with van der Waals surface area (Å²) in [5.74, 6) is 0. The Labute approximate surface area is 219 Å². The van der Waals surface area contributed by atoms with Gasteiger partial charge in [0.25, 0.3) is 5.56 Å². The molecule has 0 aliphatic carbocycles. The monoisotopic (exact) mass is 510 g/mol. The third-order valence-electron chi connectivity index (χ3n) is 7.22. The molecule has 1 aromatic heterocycles. The van der Waals surface area contributed by atoms with Crippen molar-refractivity contribution in [1.29, 1.82) is 0 Å². The van der Waals surface area contributed by atoms with E-state index in [-0.39, 0.29) is 12.2 Å². The second-order valence-electron chi connectivity index (χ2n) is 9.47. The number of pyridine rings is 1. The van der Waals surface area contributed by atoms with Crippen LogP contribution in [-0.2, 0) is 17.9 Å². The standard InChI is InChI=1S/C31H27ClN2O3/c32-29-4-2-1-3-25(29)28-17-33-31(36)30-26-15-22(9-10-24(26)23(19-35)16-27(28)30)21-7-5-20(6-8-21)18-34-11-13-37-14-12-34/h1-10,15-17,35H,11-14,18-19H2,(H,33,36). The van der Waals surface area contributed by atoms with Crippen LogP contribution in [0.4, 0.5) is 0 Å². The number of ether oxygens (including phenoxy) is 1. The number of aromatic nitrogens is 1. The number of aliphatic hydroxyl groups is 1. The minimum absolute atomic E-state index is 0.128. The van der Waals surface area contributed by atoms with Crippen LogP contribution in [0.3, 0.4) is 0 Å². The number of fused-ring (bicyclic) bond motifs is 3. The van der Waals surface area contributed by atoms with Gasteiger partial charge in [0.2, 0.25) is 0 Å². The first-order valence-corrected chi connectivity index (χ1v) is 12.9. The van der Waals surface area contributed by atoms with Gasteiger partial charge >= 0.3 is 0 Å². The van der Waals surface area contributed by atoms with Gasteiger partial charge in [-0.2, -0.15) is 0 Å². The van der Waals surface area contributed by atoms with E-state index in [0.717, 1.165) is 76.8 Å². The van der Waals surface area contributed by atoms with Crippen molar-refractivity contribution in [3.63, 3.8) is 0 Å². The molecule has 1 aliphatic heterocycles. The molecular formula is C31H27ClN2O3. The highest BCUT2D eigenvalue weighted by atomic mass is 35.5. The van der Waals surface area contributed by atoms with Crippen molar-refractivity contribution in [2.24, 2.45) is 0 Å². The van der Waals surface area contributed by atoms with Crippen molar-refractivity contribution in [2.75, 3.05) is 26.3 Å². The summed E-state index contributed by atoms with van der Waals surface area (Å²) < 4.78 is 5.45. The van der Waals surface area contributed by atoms with Gasteiger partial charge in [-0.15, -0.1) is 0 Å². The summed E-state index contributed by atoms with van der Waals surface area (Å²) in [6, 6.07) is 24.2. The topological polar surface area (TPSA) is 65.6 Å². The molecule has 0 radical (unpaired) electrons. The lowest BCUT2D eigenvalue weighted by Crippen LogP contribution is -2.35. The Morgan fingerprint density at radius 3 is 2.38 bits per heavy atom. The number of aliphatic hydroxyl groups excluding tert-OH is 1. The fraction of sp³-hybridized carbons (Fsp3) is 0.194. The highest BCUT2D eigenvalue weighted by Gasteiger charge is 2.16. The first kappa shape index (κ1) is 23.9. The van der Waals surface area contributed by atoms with Gasteiger partial charge < -0.3 is 14.8 Å². The molecule has 0 unspecified atom stereocenters. The summed E-state index contributed by atoms with van der Waals surface area (Å²) in [7, 11) is 0. The number of benzene rings is 4. The predicted octanol–water partition coefficient (Wildman–Crippen LogP) is 5.99. The quantitative estimate of drug-likeness (QED) is 0.285. The van der Waals surface area contributed by atoms with Crippen LogP contribution in [-0.4, -0.2) is 41.3 Å². The Bertz CT molecular complexity index is 1650. The van der Waals surface area contributed by atoms with Crippen molar-refractivity contribution in [3.05, 3.63) is 105 Å². The molecule has 2 heterocycles. The van der Waals surface area contributed by atoms with Gasteiger partial charge in [-0.3, -0.25) is 9.69 Å². The highest BCUT2D eigenvalue weighted by molar-refractivity contribution is 6.33. The molecule has 0 bridgehead atoms. The smallest absolute Gasteiger partial charge is 0.256 e. The van der Waals surface area contributed by atoms with Gasteiger partial charge in [-0.05, 0) is 56.6 Å². The zero-order chi connectivity index (χ0) is 25.4. The second-order valence-corrected chi connectivity index (χ2v) is 9.88. The zero-order valence-electron chi connectivity index (χ0n) is 20.3. The van der Waals surface area contributed by atoms with Gasteiger partial charge in [0.05, 0.1) is 25.2 Å². The Kier molecular flexibility index (Phi) is 6.53. The average Bonchev–Trinajstić information content (AvgIpc) is 2.94. The Morgan fingerprint density at radius 2 is 1.62 bits per heavy atom. The number of H-pyrrole nitrogens is 1. The van der Waals surface area contributed by atoms with Crippen LogP contribution in [0, 0.1) is 0 Å². The van der Waals surface area contributed by atoms with E-state index in [1.165, 1.54) is 5.56 Å². The van der Waals surface area contributed by atoms with Crippen LogP contribution in [0.5, 0.6) is 0 Å². The number of hydrogen-bond donors (Lipinski definition) is 2. The molecule has 0 spiro atoms. The van der Waals surface area contributed by atoms with Crippen molar-refractivity contribution in [1.82, 2.24) is 9.88 Å². The maximum atomic E-state index is 13.2. The van der Waals surface area contributed by atoms with Gasteiger partial charge in [0.1, 0.15) is 0 Å². The van der Waals surface area contributed by atoms with Crippen LogP contribution in [0.25, 0.3) is 43.8 Å². The van der Waals surface area contributed by atoms with Crippen LogP contribution < -0.4 is 5.56 Å². The van der Waals surface area contributed by atoms with Crippen LogP contribution in [0.2, 0.25) is 5.02 Å². The molecule has 4 aromatic carbocycles. The molecule has 37 heavy (non-hydrogen) atoms. The summed E-state index contributed by atoms with van der Waals surface area (Å²) in [5.41, 5.74) is 5.63. The number of hydrogen-bond acceptors (Lipinski definition) is 4. The van der Waals surface area contributed by atoms with E-state index in [1.54, 1.807) is 6.20 Å². The number of halogens is 1. The fourth-order valence-electron chi connectivity index (χ4n) is 5.28. The lowest BCUT2D eigenvalue weighted by atomic mass is 9.91. The number of nitrogens with one attached hydrogen (secondary N) is 1. The van der Waals surface area contributed by atoms with Crippen LogP contribution in [0.1, 0.15) is 11.1 Å². The molecule has 5 nitrogen and oxygen atoms in total. The first-order valence-electron chi connectivity index (χ1n) is 12.5. The molecule has 1 saturated heterocycles. The summed E-state index contributed by atoms with van der Waals surface area (Å²) in [4.78, 5) is 18.5.